The molecule has 4 N–H and O–H groups in total. The molecule has 0 bridgehead atoms. The van der Waals surface area contributed by atoms with Crippen LogP contribution < -0.4 is 11.1 Å². The van der Waals surface area contributed by atoms with Crippen LogP contribution in [0.3, 0.4) is 0 Å². The lowest BCUT2D eigenvalue weighted by molar-refractivity contribution is -0.117. The number of carboxylic acid groups (broad SMARTS) is 1. The fourth-order valence-electron chi connectivity index (χ4n) is 1.61. The van der Waals surface area contributed by atoms with Gasteiger partial charge in [0.15, 0.2) is 0 Å². The monoisotopic (exact) mass is 250 g/mol. The van der Waals surface area contributed by atoms with Crippen LogP contribution >= 0.6 is 0 Å². The first kappa shape index (κ1) is 14.2. The number of nitrogens with two attached hydrogens (primary N) is 1. The van der Waals surface area contributed by atoms with Crippen molar-refractivity contribution in [2.75, 3.05) is 5.32 Å². The van der Waals surface area contributed by atoms with Crippen molar-refractivity contribution in [3.63, 3.8) is 0 Å². The average Bonchev–Trinajstić information content (AvgIpc) is 2.31. The molecule has 0 fully saturated rings. The van der Waals surface area contributed by atoms with Gasteiger partial charge in [-0.2, -0.15) is 0 Å². The second-order valence-corrected chi connectivity index (χ2v) is 4.24. The van der Waals surface area contributed by atoms with E-state index in [0.29, 0.717) is 6.42 Å². The number of hydrogen-bond donors (Lipinski definition) is 3. The number of amides is 1. The maximum atomic E-state index is 11.7. The predicted octanol–water partition coefficient (Wildman–Crippen LogP) is 1.76. The molecule has 5 nitrogen and oxygen atoms in total. The Hall–Kier alpha value is -1.88. The van der Waals surface area contributed by atoms with E-state index in [1.807, 2.05) is 6.92 Å². The lowest BCUT2D eigenvalue weighted by Crippen LogP contribution is -2.35. The zero-order valence-electron chi connectivity index (χ0n) is 10.6. The van der Waals surface area contributed by atoms with E-state index in [2.05, 4.69) is 5.32 Å². The predicted molar refractivity (Wildman–Crippen MR) is 69.7 cm³/mol. The minimum Gasteiger partial charge on any atom is -0.478 e. The van der Waals surface area contributed by atoms with Crippen LogP contribution in [0.5, 0.6) is 0 Å². The van der Waals surface area contributed by atoms with E-state index in [9.17, 15) is 9.59 Å². The van der Waals surface area contributed by atoms with Crippen LogP contribution in [-0.4, -0.2) is 23.0 Å². The number of rotatable bonds is 5. The van der Waals surface area contributed by atoms with E-state index in [1.54, 1.807) is 19.1 Å². The van der Waals surface area contributed by atoms with E-state index < -0.39 is 12.0 Å². The van der Waals surface area contributed by atoms with Gasteiger partial charge < -0.3 is 16.2 Å². The molecule has 0 aliphatic heterocycles. The van der Waals surface area contributed by atoms with Gasteiger partial charge in [-0.25, -0.2) is 4.79 Å². The van der Waals surface area contributed by atoms with Crippen molar-refractivity contribution in [3.05, 3.63) is 29.3 Å². The van der Waals surface area contributed by atoms with E-state index in [4.69, 9.17) is 10.8 Å². The Morgan fingerprint density at radius 2 is 2.11 bits per heavy atom. The summed E-state index contributed by atoms with van der Waals surface area (Å²) in [6, 6.07) is 4.23. The molecule has 0 aromatic heterocycles. The maximum absolute atomic E-state index is 11.7. The topological polar surface area (TPSA) is 92.4 Å². The zero-order valence-corrected chi connectivity index (χ0v) is 10.6. The first-order chi connectivity index (χ1) is 8.45. The maximum Gasteiger partial charge on any atom is 0.337 e. The van der Waals surface area contributed by atoms with Crippen molar-refractivity contribution in [1.29, 1.82) is 0 Å². The molecule has 5 heteroatoms. The van der Waals surface area contributed by atoms with Crippen molar-refractivity contribution >= 4 is 17.6 Å². The van der Waals surface area contributed by atoms with Gasteiger partial charge in [-0.05, 0) is 25.5 Å². The Morgan fingerprint density at radius 3 is 2.67 bits per heavy atom. The number of hydrogen-bond acceptors (Lipinski definition) is 3. The van der Waals surface area contributed by atoms with Crippen molar-refractivity contribution < 1.29 is 14.7 Å². The summed E-state index contributed by atoms with van der Waals surface area (Å²) in [4.78, 5) is 22.8. The largest absolute Gasteiger partial charge is 0.478 e. The molecular weight excluding hydrogens is 232 g/mol. The van der Waals surface area contributed by atoms with E-state index >= 15 is 0 Å². The summed E-state index contributed by atoms with van der Waals surface area (Å²) >= 11 is 0. The Balaban J connectivity index is 2.90. The normalized spacial score (nSPS) is 11.9. The van der Waals surface area contributed by atoms with Gasteiger partial charge in [-0.3, -0.25) is 4.79 Å². The Kier molecular flexibility index (Phi) is 4.85. The number of anilines is 1. The minimum absolute atomic E-state index is 0.0760. The first-order valence-corrected chi connectivity index (χ1v) is 5.86. The highest BCUT2D eigenvalue weighted by Crippen LogP contribution is 2.17. The molecule has 1 amide bonds. The van der Waals surface area contributed by atoms with Gasteiger partial charge in [-0.1, -0.05) is 25.0 Å². The highest BCUT2D eigenvalue weighted by Gasteiger charge is 2.16. The molecular formula is C13H18N2O3. The van der Waals surface area contributed by atoms with Crippen molar-refractivity contribution in [2.24, 2.45) is 5.73 Å². The second-order valence-electron chi connectivity index (χ2n) is 4.24. The van der Waals surface area contributed by atoms with Gasteiger partial charge in [0.1, 0.15) is 0 Å². The van der Waals surface area contributed by atoms with Crippen LogP contribution in [0.2, 0.25) is 0 Å². The molecule has 0 unspecified atom stereocenters. The van der Waals surface area contributed by atoms with Gasteiger partial charge in [0.05, 0.1) is 17.3 Å². The standard InChI is InChI=1S/C13H18N2O3/c1-3-4-10(14)12(16)15-11-6-5-8(2)7-9(11)13(17)18/h5-7,10H,3-4,14H2,1-2H3,(H,15,16)(H,17,18)/t10-/m0/s1. The van der Waals surface area contributed by atoms with Crippen molar-refractivity contribution in [3.8, 4) is 0 Å². The fourth-order valence-corrected chi connectivity index (χ4v) is 1.61. The SMILES string of the molecule is CCC[C@H](N)C(=O)Nc1ccc(C)cc1C(=O)O. The highest BCUT2D eigenvalue weighted by atomic mass is 16.4. The molecule has 0 aliphatic rings. The lowest BCUT2D eigenvalue weighted by atomic mass is 10.1. The molecule has 0 aliphatic carbocycles. The Morgan fingerprint density at radius 1 is 1.44 bits per heavy atom. The van der Waals surface area contributed by atoms with Gasteiger partial charge >= 0.3 is 5.97 Å². The lowest BCUT2D eigenvalue weighted by Gasteiger charge is -2.13. The minimum atomic E-state index is -1.07. The van der Waals surface area contributed by atoms with Crippen LogP contribution in [-0.2, 0) is 4.79 Å². The van der Waals surface area contributed by atoms with Crippen LogP contribution in [0.15, 0.2) is 18.2 Å². The van der Waals surface area contributed by atoms with E-state index in [-0.39, 0.29) is 17.2 Å². The third-order valence-electron chi connectivity index (χ3n) is 2.60. The third-order valence-corrected chi connectivity index (χ3v) is 2.60. The van der Waals surface area contributed by atoms with Crippen molar-refractivity contribution in [1.82, 2.24) is 0 Å². The van der Waals surface area contributed by atoms with Gasteiger partial charge in [0.25, 0.3) is 0 Å². The number of nitrogens with one attached hydrogen (secondary N) is 1. The first-order valence-electron chi connectivity index (χ1n) is 5.86. The quantitative estimate of drug-likeness (QED) is 0.742. The summed E-state index contributed by atoms with van der Waals surface area (Å²) in [6.07, 6.45) is 1.37. The van der Waals surface area contributed by atoms with Crippen LogP contribution in [0.4, 0.5) is 5.69 Å². The number of carboxylic acids is 1. The molecule has 0 saturated heterocycles. The summed E-state index contributed by atoms with van der Waals surface area (Å²) < 4.78 is 0. The smallest absolute Gasteiger partial charge is 0.337 e. The molecule has 1 atom stereocenters. The Bertz CT molecular complexity index is 458. The molecule has 98 valence electrons. The number of carbonyl (C=O) groups excluding carboxylic acids is 1. The van der Waals surface area contributed by atoms with Crippen LogP contribution in [0.25, 0.3) is 0 Å². The number of carbonyl (C=O) groups is 2. The molecule has 18 heavy (non-hydrogen) atoms. The number of aromatic carboxylic acids is 1. The van der Waals surface area contributed by atoms with E-state index in [1.165, 1.54) is 6.07 Å². The molecule has 1 aromatic carbocycles. The van der Waals surface area contributed by atoms with Gasteiger partial charge in [0, 0.05) is 0 Å². The molecule has 0 saturated carbocycles. The third kappa shape index (κ3) is 3.56. The molecule has 1 rings (SSSR count). The molecule has 0 heterocycles. The number of benzene rings is 1. The van der Waals surface area contributed by atoms with Gasteiger partial charge in [0.2, 0.25) is 5.91 Å². The van der Waals surface area contributed by atoms with Gasteiger partial charge in [-0.15, -0.1) is 0 Å². The summed E-state index contributed by atoms with van der Waals surface area (Å²) in [5.74, 6) is -1.43. The summed E-state index contributed by atoms with van der Waals surface area (Å²) in [5.41, 5.74) is 6.85. The average molecular weight is 250 g/mol. The summed E-state index contributed by atoms with van der Waals surface area (Å²) in [5, 5.41) is 11.6. The summed E-state index contributed by atoms with van der Waals surface area (Å²) in [6.45, 7) is 3.72. The van der Waals surface area contributed by atoms with Crippen LogP contribution in [0, 0.1) is 6.92 Å². The molecule has 1 aromatic rings. The second kappa shape index (κ2) is 6.16. The van der Waals surface area contributed by atoms with Crippen LogP contribution in [0.1, 0.15) is 35.7 Å². The number of aryl methyl sites for hydroxylation is 1. The summed E-state index contributed by atoms with van der Waals surface area (Å²) in [7, 11) is 0. The zero-order chi connectivity index (χ0) is 13.7. The molecule has 0 radical (unpaired) electrons. The fraction of sp³-hybridized carbons (Fsp3) is 0.385. The molecule has 0 spiro atoms. The van der Waals surface area contributed by atoms with E-state index in [0.717, 1.165) is 12.0 Å². The van der Waals surface area contributed by atoms with Crippen molar-refractivity contribution in [2.45, 2.75) is 32.7 Å². The Labute approximate surface area is 106 Å². The highest BCUT2D eigenvalue weighted by molar-refractivity contribution is 6.02.